The van der Waals surface area contributed by atoms with Crippen molar-refractivity contribution in [2.45, 2.75) is 122 Å². The van der Waals surface area contributed by atoms with E-state index in [9.17, 15) is 0 Å². The average molecular weight is 464 g/mol. The quantitative estimate of drug-likeness (QED) is 0.281. The molecule has 34 heavy (non-hydrogen) atoms. The van der Waals surface area contributed by atoms with E-state index in [-0.39, 0.29) is 0 Å². The number of nitrogen functional groups attached to an aromatic ring is 1. The van der Waals surface area contributed by atoms with E-state index in [1.165, 1.54) is 114 Å². The standard InChI is InChI=1S/C26H37NO.C6H12/c1-2-3-4-5-6-9-21-12-16-23(17-13-21)24-18-14-22(15-19-24)20-28-26-11-8-7-10-25(26)27;1-2-4-6-5-3-1/h7-8,10-11,14-15,18-19,21,23H,2-6,9,12-13,16-17,20,27H2,1H3;1-6H2. The Balaban J connectivity index is 0.000000469. The molecular weight excluding hydrogens is 414 g/mol. The summed E-state index contributed by atoms with van der Waals surface area (Å²) < 4.78 is 5.86. The first-order valence-electron chi connectivity index (χ1n) is 14.3. The highest BCUT2D eigenvalue weighted by Gasteiger charge is 2.22. The Morgan fingerprint density at radius 1 is 0.735 bits per heavy atom. The van der Waals surface area contributed by atoms with E-state index < -0.39 is 0 Å². The third-order valence-corrected chi connectivity index (χ3v) is 7.83. The molecule has 0 bridgehead atoms. The molecule has 2 fully saturated rings. The molecule has 0 amide bonds. The second-order valence-electron chi connectivity index (χ2n) is 10.6. The molecule has 2 heteroatoms. The van der Waals surface area contributed by atoms with Crippen molar-refractivity contribution in [3.8, 4) is 5.75 Å². The van der Waals surface area contributed by atoms with Crippen LogP contribution in [0, 0.1) is 5.92 Å². The van der Waals surface area contributed by atoms with Crippen molar-refractivity contribution in [2.75, 3.05) is 5.73 Å². The summed E-state index contributed by atoms with van der Waals surface area (Å²) in [6.07, 6.45) is 23.1. The van der Waals surface area contributed by atoms with Crippen molar-refractivity contribution < 1.29 is 4.74 Å². The van der Waals surface area contributed by atoms with Crippen LogP contribution >= 0.6 is 0 Å². The van der Waals surface area contributed by atoms with E-state index in [1.54, 1.807) is 0 Å². The van der Waals surface area contributed by atoms with Crippen LogP contribution in [-0.4, -0.2) is 0 Å². The molecule has 0 atom stereocenters. The summed E-state index contributed by atoms with van der Waals surface area (Å²) in [4.78, 5) is 0. The zero-order chi connectivity index (χ0) is 23.8. The molecule has 2 aliphatic rings. The molecule has 0 radical (unpaired) electrons. The molecule has 2 saturated carbocycles. The van der Waals surface area contributed by atoms with Gasteiger partial charge in [-0.25, -0.2) is 0 Å². The lowest BCUT2D eigenvalue weighted by Gasteiger charge is -2.29. The lowest BCUT2D eigenvalue weighted by atomic mass is 9.77. The molecule has 4 rings (SSSR count). The summed E-state index contributed by atoms with van der Waals surface area (Å²) in [7, 11) is 0. The van der Waals surface area contributed by atoms with Crippen LogP contribution in [0.4, 0.5) is 5.69 Å². The van der Waals surface area contributed by atoms with E-state index in [0.29, 0.717) is 12.3 Å². The zero-order valence-electron chi connectivity index (χ0n) is 21.8. The first-order chi connectivity index (χ1) is 16.8. The van der Waals surface area contributed by atoms with Crippen LogP contribution in [0.2, 0.25) is 0 Å². The summed E-state index contributed by atoms with van der Waals surface area (Å²) in [6, 6.07) is 16.7. The maximum Gasteiger partial charge on any atom is 0.142 e. The van der Waals surface area contributed by atoms with Crippen molar-refractivity contribution in [3.05, 3.63) is 59.7 Å². The molecular formula is C32H49NO. The third kappa shape index (κ3) is 9.72. The van der Waals surface area contributed by atoms with Crippen LogP contribution in [0.3, 0.4) is 0 Å². The van der Waals surface area contributed by atoms with Gasteiger partial charge in [0.25, 0.3) is 0 Å². The minimum Gasteiger partial charge on any atom is -0.487 e. The Hall–Kier alpha value is -1.96. The SMILES string of the molecule is C1CCCCC1.CCCCCCCC1CCC(c2ccc(COc3ccccc3N)cc2)CC1. The molecule has 2 aliphatic carbocycles. The fourth-order valence-corrected chi connectivity index (χ4v) is 5.54. The summed E-state index contributed by atoms with van der Waals surface area (Å²) in [6.45, 7) is 2.86. The smallest absolute Gasteiger partial charge is 0.142 e. The highest BCUT2D eigenvalue weighted by Crippen LogP contribution is 2.38. The van der Waals surface area contributed by atoms with Gasteiger partial charge in [-0.3, -0.25) is 0 Å². The lowest BCUT2D eigenvalue weighted by Crippen LogP contribution is -2.13. The summed E-state index contributed by atoms with van der Waals surface area (Å²) in [5.74, 6) is 2.48. The molecule has 0 heterocycles. The van der Waals surface area contributed by atoms with Gasteiger partial charge in [0.15, 0.2) is 0 Å². The van der Waals surface area contributed by atoms with Gasteiger partial charge in [0.1, 0.15) is 12.4 Å². The van der Waals surface area contributed by atoms with Crippen LogP contribution in [0.5, 0.6) is 5.75 Å². The largest absolute Gasteiger partial charge is 0.487 e. The number of para-hydroxylation sites is 2. The fourth-order valence-electron chi connectivity index (χ4n) is 5.54. The van der Waals surface area contributed by atoms with Gasteiger partial charge in [-0.1, -0.05) is 120 Å². The minimum atomic E-state index is 0.569. The molecule has 0 aromatic heterocycles. The van der Waals surface area contributed by atoms with Gasteiger partial charge in [0, 0.05) is 0 Å². The number of benzene rings is 2. The highest BCUT2D eigenvalue weighted by molar-refractivity contribution is 5.51. The molecule has 0 spiro atoms. The van der Waals surface area contributed by atoms with Gasteiger partial charge in [-0.05, 0) is 60.8 Å². The average Bonchev–Trinajstić information content (AvgIpc) is 2.90. The number of ether oxygens (including phenoxy) is 1. The zero-order valence-corrected chi connectivity index (χ0v) is 21.8. The number of anilines is 1. The van der Waals surface area contributed by atoms with E-state index >= 15 is 0 Å². The normalized spacial score (nSPS) is 20.3. The Labute approximate surface area is 209 Å². The van der Waals surface area contributed by atoms with Crippen molar-refractivity contribution in [3.63, 3.8) is 0 Å². The maximum atomic E-state index is 5.94. The fraction of sp³-hybridized carbons (Fsp3) is 0.625. The van der Waals surface area contributed by atoms with E-state index in [0.717, 1.165) is 17.6 Å². The van der Waals surface area contributed by atoms with Crippen molar-refractivity contribution in [2.24, 2.45) is 5.92 Å². The van der Waals surface area contributed by atoms with E-state index in [2.05, 4.69) is 31.2 Å². The van der Waals surface area contributed by atoms with Crippen molar-refractivity contribution in [1.82, 2.24) is 0 Å². The first-order valence-corrected chi connectivity index (χ1v) is 14.3. The second-order valence-corrected chi connectivity index (χ2v) is 10.6. The van der Waals surface area contributed by atoms with E-state index in [1.807, 2.05) is 24.3 Å². The lowest BCUT2D eigenvalue weighted by molar-refractivity contribution is 0.301. The van der Waals surface area contributed by atoms with Crippen LogP contribution in [0.25, 0.3) is 0 Å². The number of unbranched alkanes of at least 4 members (excludes halogenated alkanes) is 4. The monoisotopic (exact) mass is 463 g/mol. The molecule has 2 aromatic carbocycles. The van der Waals surface area contributed by atoms with Gasteiger partial charge in [-0.2, -0.15) is 0 Å². The summed E-state index contributed by atoms with van der Waals surface area (Å²) in [5, 5.41) is 0. The van der Waals surface area contributed by atoms with Gasteiger partial charge in [-0.15, -0.1) is 0 Å². The number of hydrogen-bond donors (Lipinski definition) is 1. The van der Waals surface area contributed by atoms with Gasteiger partial charge in [0.2, 0.25) is 0 Å². The number of hydrogen-bond acceptors (Lipinski definition) is 2. The first kappa shape index (κ1) is 26.6. The van der Waals surface area contributed by atoms with Gasteiger partial charge < -0.3 is 10.5 Å². The Morgan fingerprint density at radius 3 is 1.97 bits per heavy atom. The molecule has 2 nitrogen and oxygen atoms in total. The molecule has 188 valence electrons. The third-order valence-electron chi connectivity index (χ3n) is 7.83. The predicted molar refractivity (Wildman–Crippen MR) is 147 cm³/mol. The Morgan fingerprint density at radius 2 is 1.35 bits per heavy atom. The summed E-state index contributed by atoms with van der Waals surface area (Å²) in [5.41, 5.74) is 9.35. The molecule has 0 unspecified atom stereocenters. The van der Waals surface area contributed by atoms with Crippen LogP contribution in [0.15, 0.2) is 48.5 Å². The topological polar surface area (TPSA) is 35.2 Å². The summed E-state index contributed by atoms with van der Waals surface area (Å²) >= 11 is 0. The van der Waals surface area contributed by atoms with Gasteiger partial charge in [0.05, 0.1) is 5.69 Å². The molecule has 2 aromatic rings. The highest BCUT2D eigenvalue weighted by atomic mass is 16.5. The van der Waals surface area contributed by atoms with Crippen LogP contribution in [0.1, 0.15) is 127 Å². The van der Waals surface area contributed by atoms with E-state index in [4.69, 9.17) is 10.5 Å². The Kier molecular flexibility index (Phi) is 12.4. The Bertz CT molecular complexity index is 760. The predicted octanol–water partition coefficient (Wildman–Crippen LogP) is 9.82. The van der Waals surface area contributed by atoms with Crippen molar-refractivity contribution in [1.29, 1.82) is 0 Å². The van der Waals surface area contributed by atoms with Crippen LogP contribution in [-0.2, 0) is 6.61 Å². The minimum absolute atomic E-state index is 0.569. The van der Waals surface area contributed by atoms with Crippen LogP contribution < -0.4 is 10.5 Å². The number of nitrogens with two attached hydrogens (primary N) is 1. The number of rotatable bonds is 10. The molecule has 2 N–H and O–H groups in total. The molecule has 0 saturated heterocycles. The van der Waals surface area contributed by atoms with Crippen molar-refractivity contribution >= 4 is 5.69 Å². The second kappa shape index (κ2) is 15.8. The molecule has 0 aliphatic heterocycles. The maximum absolute atomic E-state index is 5.94. The van der Waals surface area contributed by atoms with Gasteiger partial charge >= 0.3 is 0 Å².